The maximum atomic E-state index is 5.57. The van der Waals surface area contributed by atoms with E-state index in [1.165, 1.54) is 0 Å². The lowest BCUT2D eigenvalue weighted by Crippen LogP contribution is -1.84. The number of aliphatic imine (C=N–C) groups is 1. The first-order chi connectivity index (χ1) is 4.20. The second-order valence-electron chi connectivity index (χ2n) is 1.50. The van der Waals surface area contributed by atoms with E-state index >= 15 is 0 Å². The van der Waals surface area contributed by atoms with Crippen molar-refractivity contribution in [3.8, 4) is 0 Å². The number of allylic oxidation sites excluding steroid dienone is 2. The summed E-state index contributed by atoms with van der Waals surface area (Å²) in [5.74, 6) is 2.49. The molecule has 0 saturated heterocycles. The van der Waals surface area contributed by atoms with E-state index in [1.807, 2.05) is 0 Å². The van der Waals surface area contributed by atoms with Crippen LogP contribution in [-0.2, 0) is 0 Å². The summed E-state index contributed by atoms with van der Waals surface area (Å²) in [5.41, 5.74) is 0. The molecule has 0 aromatic heterocycles. The third-order valence-electron chi connectivity index (χ3n) is 0.810. The lowest BCUT2D eigenvalue weighted by molar-refractivity contribution is 1.26. The Morgan fingerprint density at radius 1 is 1.33 bits per heavy atom. The molecule has 1 rings (SSSR count). The molecule has 1 aliphatic rings. The molecule has 0 atom stereocenters. The molecule has 1 heterocycles. The van der Waals surface area contributed by atoms with Crippen LogP contribution in [0.25, 0.3) is 0 Å². The minimum Gasteiger partial charge on any atom is -0.191 e. The summed E-state index contributed by atoms with van der Waals surface area (Å²) >= 11 is 16.6. The van der Waals surface area contributed by atoms with Crippen LogP contribution < -0.4 is 0 Å². The van der Waals surface area contributed by atoms with Gasteiger partial charge in [-0.25, -0.2) is 0 Å². The van der Waals surface area contributed by atoms with Crippen LogP contribution in [-0.4, -0.2) is 5.87 Å². The Hall–Kier alpha value is 0.0600. The summed E-state index contributed by atoms with van der Waals surface area (Å²) in [6, 6.07) is 0. The molecule has 1 nitrogen and oxygen atoms in total. The molecule has 0 saturated carbocycles. The Kier molecular flexibility index (Phi) is 2.20. The molecule has 9 heavy (non-hydrogen) atoms. The first kappa shape index (κ1) is 7.17. The topological polar surface area (TPSA) is 12.4 Å². The number of rotatable bonds is 0. The van der Waals surface area contributed by atoms with Crippen molar-refractivity contribution < 1.29 is 0 Å². The first-order valence-electron chi connectivity index (χ1n) is 2.22. The highest BCUT2D eigenvalue weighted by Crippen LogP contribution is 2.25. The zero-order valence-electron chi connectivity index (χ0n) is 4.29. The summed E-state index contributed by atoms with van der Waals surface area (Å²) in [6.45, 7) is 0. The zero-order valence-corrected chi connectivity index (χ0v) is 6.56. The molecule has 0 bridgehead atoms. The van der Waals surface area contributed by atoms with Gasteiger partial charge in [-0.05, 0) is 0 Å². The summed E-state index contributed by atoms with van der Waals surface area (Å²) in [5, 5.41) is 1.24. The van der Waals surface area contributed by atoms with Crippen LogP contribution in [0.15, 0.2) is 20.2 Å². The van der Waals surface area contributed by atoms with Crippen molar-refractivity contribution in [3.05, 3.63) is 15.2 Å². The van der Waals surface area contributed by atoms with E-state index in [0.29, 0.717) is 16.5 Å². The van der Waals surface area contributed by atoms with E-state index in [2.05, 4.69) is 10.9 Å². The molecule has 0 unspecified atom stereocenters. The number of hydrogen-bond acceptors (Lipinski definition) is 1. The molecule has 0 aromatic rings. The molecule has 4 heteroatoms. The summed E-state index contributed by atoms with van der Waals surface area (Å²) in [7, 11) is 0. The van der Waals surface area contributed by atoms with Crippen molar-refractivity contribution in [1.29, 1.82) is 0 Å². The van der Waals surface area contributed by atoms with E-state index < -0.39 is 0 Å². The average molecular weight is 182 g/mol. The molecule has 48 valence electrons. The van der Waals surface area contributed by atoms with Gasteiger partial charge in [0.2, 0.25) is 0 Å². The quantitative estimate of drug-likeness (QED) is 0.511. The number of nitrogens with zero attached hydrogens (tertiary/aromatic N) is 1. The standard InChI is InChI=1S/C5H2Cl3N/c6-3-1-4(7)5(8)9-2-3/h1H2. The zero-order chi connectivity index (χ0) is 6.85. The monoisotopic (exact) mass is 181 g/mol. The lowest BCUT2D eigenvalue weighted by atomic mass is 10.4. The fourth-order valence-corrected chi connectivity index (χ4v) is 0.948. The molecule has 0 radical (unpaired) electrons. The van der Waals surface area contributed by atoms with Gasteiger partial charge in [0.1, 0.15) is 0 Å². The first-order valence-corrected chi connectivity index (χ1v) is 3.36. The van der Waals surface area contributed by atoms with Crippen LogP contribution in [0, 0.1) is 0 Å². The van der Waals surface area contributed by atoms with E-state index in [9.17, 15) is 0 Å². The normalized spacial score (nSPS) is 18.3. The Morgan fingerprint density at radius 2 is 2.00 bits per heavy atom. The molecule has 0 aromatic carbocycles. The molecular formula is C5H2Cl3N. The SMILES string of the molecule is ClC1=C=NC(Cl)=C(Cl)C1. The molecule has 0 fully saturated rings. The molecular weight excluding hydrogens is 180 g/mol. The maximum Gasteiger partial charge on any atom is 0.153 e. The predicted octanol–water partition coefficient (Wildman–Crippen LogP) is 2.83. The van der Waals surface area contributed by atoms with Gasteiger partial charge in [-0.15, -0.1) is 0 Å². The predicted molar refractivity (Wildman–Crippen MR) is 40.2 cm³/mol. The van der Waals surface area contributed by atoms with Crippen molar-refractivity contribution in [2.24, 2.45) is 4.99 Å². The summed E-state index contributed by atoms with van der Waals surface area (Å²) in [4.78, 5) is 3.59. The Morgan fingerprint density at radius 3 is 2.44 bits per heavy atom. The van der Waals surface area contributed by atoms with Crippen molar-refractivity contribution in [2.45, 2.75) is 6.42 Å². The molecule has 0 N–H and O–H groups in total. The van der Waals surface area contributed by atoms with Crippen LogP contribution in [0.5, 0.6) is 0 Å². The lowest BCUT2D eigenvalue weighted by Gasteiger charge is -1.99. The third-order valence-corrected chi connectivity index (χ3v) is 1.75. The van der Waals surface area contributed by atoms with Crippen molar-refractivity contribution in [3.63, 3.8) is 0 Å². The van der Waals surface area contributed by atoms with Crippen molar-refractivity contribution >= 4 is 40.7 Å². The Bertz CT molecular complexity index is 222. The van der Waals surface area contributed by atoms with Gasteiger partial charge in [-0.2, -0.15) is 4.99 Å². The van der Waals surface area contributed by atoms with Crippen LogP contribution in [0.2, 0.25) is 0 Å². The van der Waals surface area contributed by atoms with E-state index in [-0.39, 0.29) is 5.16 Å². The Balaban J connectivity index is 2.96. The minimum absolute atomic E-state index is 0.279. The minimum atomic E-state index is 0.279. The second kappa shape index (κ2) is 2.76. The van der Waals surface area contributed by atoms with E-state index in [1.54, 1.807) is 0 Å². The third kappa shape index (κ3) is 1.74. The summed E-state index contributed by atoms with van der Waals surface area (Å²) in [6.07, 6.45) is 0.450. The van der Waals surface area contributed by atoms with E-state index in [0.717, 1.165) is 0 Å². The second-order valence-corrected chi connectivity index (χ2v) is 2.77. The van der Waals surface area contributed by atoms with Gasteiger partial charge < -0.3 is 0 Å². The smallest absolute Gasteiger partial charge is 0.153 e. The van der Waals surface area contributed by atoms with Crippen LogP contribution in [0.3, 0.4) is 0 Å². The molecule has 0 amide bonds. The molecule has 0 aliphatic carbocycles. The van der Waals surface area contributed by atoms with Gasteiger partial charge in [-0.3, -0.25) is 0 Å². The molecule has 0 spiro atoms. The largest absolute Gasteiger partial charge is 0.191 e. The van der Waals surface area contributed by atoms with Gasteiger partial charge in [0.25, 0.3) is 0 Å². The van der Waals surface area contributed by atoms with Gasteiger partial charge in [0.05, 0.1) is 10.1 Å². The van der Waals surface area contributed by atoms with Gasteiger partial charge >= 0.3 is 0 Å². The fraction of sp³-hybridized carbons (Fsp3) is 0.200. The highest BCUT2D eigenvalue weighted by Gasteiger charge is 2.06. The highest BCUT2D eigenvalue weighted by atomic mass is 35.5. The van der Waals surface area contributed by atoms with Crippen molar-refractivity contribution in [1.82, 2.24) is 0 Å². The number of halogens is 3. The maximum absolute atomic E-state index is 5.57. The van der Waals surface area contributed by atoms with Crippen LogP contribution in [0.4, 0.5) is 0 Å². The van der Waals surface area contributed by atoms with Crippen LogP contribution in [0.1, 0.15) is 6.42 Å². The fourth-order valence-electron chi connectivity index (χ4n) is 0.419. The van der Waals surface area contributed by atoms with Gasteiger partial charge in [0, 0.05) is 12.3 Å². The molecule has 1 aliphatic heterocycles. The number of hydrogen-bond donors (Lipinski definition) is 0. The highest BCUT2D eigenvalue weighted by molar-refractivity contribution is 6.42. The average Bonchev–Trinajstić information content (AvgIpc) is 1.80. The van der Waals surface area contributed by atoms with E-state index in [4.69, 9.17) is 34.8 Å². The summed E-state index contributed by atoms with van der Waals surface area (Å²) < 4.78 is 0. The van der Waals surface area contributed by atoms with Gasteiger partial charge in [0.15, 0.2) is 5.16 Å². The van der Waals surface area contributed by atoms with Gasteiger partial charge in [-0.1, -0.05) is 34.8 Å². The van der Waals surface area contributed by atoms with Crippen LogP contribution >= 0.6 is 34.8 Å². The Labute approximate surface area is 67.6 Å². The van der Waals surface area contributed by atoms with Crippen molar-refractivity contribution in [2.75, 3.05) is 0 Å².